The minimum atomic E-state index is -6.01. The van der Waals surface area contributed by atoms with Gasteiger partial charge in [0.25, 0.3) is 11.5 Å². The second-order valence-electron chi connectivity index (χ2n) is 10.9. The molecule has 5 rings (SSSR count). The molecule has 1 saturated heterocycles. The number of alkyl halides is 6. The lowest BCUT2D eigenvalue weighted by atomic mass is 9.90. The number of aryl methyl sites for hydroxylation is 1. The molecule has 0 bridgehead atoms. The van der Waals surface area contributed by atoms with E-state index in [0.29, 0.717) is 41.2 Å². The topological polar surface area (TPSA) is 97.3 Å². The molecule has 45 heavy (non-hydrogen) atoms. The number of aliphatic hydroxyl groups is 1. The summed E-state index contributed by atoms with van der Waals surface area (Å²) in [6.07, 6.45) is -11.4. The van der Waals surface area contributed by atoms with Gasteiger partial charge in [-0.3, -0.25) is 9.69 Å². The molecule has 1 atom stereocenters. The van der Waals surface area contributed by atoms with Gasteiger partial charge in [0.05, 0.1) is 0 Å². The SMILES string of the molecule is CCCc1cc(C(O)(C(F)(F)F)C(F)(F)F)ccc1Oc1cccc(CCN2C(=O)NC(C)(c3ccc4c(c3)OCO4)C2=O)c1. The molecule has 0 spiro atoms. The van der Waals surface area contributed by atoms with Crippen molar-refractivity contribution < 1.29 is 55.2 Å². The van der Waals surface area contributed by atoms with Crippen molar-refractivity contribution >= 4 is 11.9 Å². The molecule has 2 aliphatic rings. The maximum atomic E-state index is 13.4. The summed E-state index contributed by atoms with van der Waals surface area (Å²) in [6, 6.07) is 13.0. The molecule has 0 radical (unpaired) electrons. The van der Waals surface area contributed by atoms with E-state index in [9.17, 15) is 41.0 Å². The molecule has 0 aromatic heterocycles. The molecule has 3 amide bonds. The molecule has 3 aromatic carbocycles. The van der Waals surface area contributed by atoms with Crippen LogP contribution < -0.4 is 19.5 Å². The van der Waals surface area contributed by atoms with Crippen molar-refractivity contribution in [3.8, 4) is 23.0 Å². The third-order valence-corrected chi connectivity index (χ3v) is 7.79. The number of amides is 3. The number of carbonyl (C=O) groups excluding carboxylic acids is 2. The number of ether oxygens (including phenoxy) is 3. The summed E-state index contributed by atoms with van der Waals surface area (Å²) in [4.78, 5) is 27.3. The second-order valence-corrected chi connectivity index (χ2v) is 10.9. The fraction of sp³-hybridized carbons (Fsp3) is 0.355. The zero-order valence-corrected chi connectivity index (χ0v) is 24.0. The summed E-state index contributed by atoms with van der Waals surface area (Å²) in [7, 11) is 0. The Hall–Kier alpha value is -4.46. The lowest BCUT2D eigenvalue weighted by molar-refractivity contribution is -0.376. The number of hydrogen-bond donors (Lipinski definition) is 2. The van der Waals surface area contributed by atoms with Gasteiger partial charge in [-0.25, -0.2) is 4.79 Å². The van der Waals surface area contributed by atoms with Gasteiger partial charge in [0.15, 0.2) is 11.5 Å². The van der Waals surface area contributed by atoms with Crippen LogP contribution in [0.4, 0.5) is 31.1 Å². The van der Waals surface area contributed by atoms with Crippen molar-refractivity contribution in [2.24, 2.45) is 0 Å². The van der Waals surface area contributed by atoms with Crippen LogP contribution in [0.15, 0.2) is 60.7 Å². The Labute approximate surface area is 253 Å². The Morgan fingerprint density at radius 2 is 1.64 bits per heavy atom. The highest BCUT2D eigenvalue weighted by Crippen LogP contribution is 2.50. The summed E-state index contributed by atoms with van der Waals surface area (Å²) in [5.41, 5.74) is -6.57. The van der Waals surface area contributed by atoms with Crippen molar-refractivity contribution in [3.05, 3.63) is 82.9 Å². The largest absolute Gasteiger partial charge is 0.457 e. The van der Waals surface area contributed by atoms with Crippen LogP contribution in [0, 0.1) is 0 Å². The quantitative estimate of drug-likeness (QED) is 0.206. The Morgan fingerprint density at radius 3 is 2.33 bits per heavy atom. The summed E-state index contributed by atoms with van der Waals surface area (Å²) < 4.78 is 97.2. The molecular formula is C31H28F6N2O6. The zero-order valence-electron chi connectivity index (χ0n) is 24.0. The second kappa shape index (κ2) is 11.5. The number of halogens is 6. The molecule has 240 valence electrons. The van der Waals surface area contributed by atoms with E-state index < -0.39 is 41.0 Å². The molecule has 2 heterocycles. The highest BCUT2D eigenvalue weighted by Gasteiger charge is 2.71. The minimum absolute atomic E-state index is 0.0114. The Balaban J connectivity index is 1.32. The molecule has 3 aromatic rings. The number of rotatable bonds is 9. The highest BCUT2D eigenvalue weighted by atomic mass is 19.4. The average Bonchev–Trinajstić information content (AvgIpc) is 3.53. The van der Waals surface area contributed by atoms with Crippen LogP contribution in [0.25, 0.3) is 0 Å². The van der Waals surface area contributed by atoms with Gasteiger partial charge in [-0.2, -0.15) is 26.3 Å². The van der Waals surface area contributed by atoms with Crippen LogP contribution in [0.3, 0.4) is 0 Å². The van der Waals surface area contributed by atoms with Gasteiger partial charge in [-0.05, 0) is 72.9 Å². The van der Waals surface area contributed by atoms with Crippen LogP contribution in [0.1, 0.15) is 42.5 Å². The summed E-state index contributed by atoms with van der Waals surface area (Å²) in [5.74, 6) is 0.750. The van der Waals surface area contributed by atoms with Crippen molar-refractivity contribution in [1.82, 2.24) is 10.2 Å². The summed E-state index contributed by atoms with van der Waals surface area (Å²) in [6.45, 7) is 3.33. The highest BCUT2D eigenvalue weighted by molar-refractivity contribution is 6.07. The smallest absolute Gasteiger partial charge is 0.430 e. The number of hydrogen-bond acceptors (Lipinski definition) is 6. The molecule has 8 nitrogen and oxygen atoms in total. The fourth-order valence-electron chi connectivity index (χ4n) is 5.29. The fourth-order valence-corrected chi connectivity index (χ4v) is 5.29. The molecule has 0 aliphatic carbocycles. The number of imide groups is 1. The molecule has 1 unspecified atom stereocenters. The van der Waals surface area contributed by atoms with E-state index in [0.717, 1.165) is 11.0 Å². The number of carbonyl (C=O) groups is 2. The van der Waals surface area contributed by atoms with Crippen molar-refractivity contribution in [2.75, 3.05) is 13.3 Å². The maximum Gasteiger partial charge on any atom is 0.430 e. The van der Waals surface area contributed by atoms with E-state index in [1.54, 1.807) is 56.3 Å². The van der Waals surface area contributed by atoms with Crippen LogP contribution in [-0.4, -0.2) is 47.6 Å². The van der Waals surface area contributed by atoms with Gasteiger partial charge in [-0.1, -0.05) is 37.6 Å². The lowest BCUT2D eigenvalue weighted by Crippen LogP contribution is -2.53. The van der Waals surface area contributed by atoms with Crippen LogP contribution in [0.5, 0.6) is 23.0 Å². The molecular weight excluding hydrogens is 610 g/mol. The first kappa shape index (κ1) is 31.9. The van der Waals surface area contributed by atoms with E-state index in [1.165, 1.54) is 0 Å². The van der Waals surface area contributed by atoms with Crippen LogP contribution in [0.2, 0.25) is 0 Å². The number of benzene rings is 3. The number of urea groups is 1. The molecule has 0 saturated carbocycles. The summed E-state index contributed by atoms with van der Waals surface area (Å²) >= 11 is 0. The Morgan fingerprint density at radius 1 is 0.933 bits per heavy atom. The van der Waals surface area contributed by atoms with Gasteiger partial charge in [0.2, 0.25) is 6.79 Å². The van der Waals surface area contributed by atoms with E-state index in [1.807, 2.05) is 0 Å². The van der Waals surface area contributed by atoms with Gasteiger partial charge >= 0.3 is 18.4 Å². The van der Waals surface area contributed by atoms with Crippen LogP contribution >= 0.6 is 0 Å². The molecule has 1 fully saturated rings. The van der Waals surface area contributed by atoms with Gasteiger partial charge in [0.1, 0.15) is 17.0 Å². The standard InChI is InChI=1S/C31H28F6N2O6/c1-3-5-19-15-21(29(42,30(32,33)34)31(35,36)37)9-10-23(19)45-22-7-4-6-18(14-22)12-13-39-26(40)28(2,38-27(39)41)20-8-11-24-25(16-20)44-17-43-24/h4,6-11,14-16,42H,3,5,12-13,17H2,1-2H3,(H,38,41). The van der Waals surface area contributed by atoms with E-state index >= 15 is 0 Å². The first-order valence-electron chi connectivity index (χ1n) is 13.9. The molecule has 14 heteroatoms. The third kappa shape index (κ3) is 5.74. The monoisotopic (exact) mass is 638 g/mol. The van der Waals surface area contributed by atoms with Gasteiger partial charge in [-0.15, -0.1) is 0 Å². The maximum absolute atomic E-state index is 13.4. The average molecular weight is 639 g/mol. The normalized spacial score (nSPS) is 18.4. The Kier molecular flexibility index (Phi) is 8.15. The number of nitrogens with zero attached hydrogens (tertiary/aromatic N) is 1. The number of fused-ring (bicyclic) bond motifs is 1. The molecule has 2 N–H and O–H groups in total. The van der Waals surface area contributed by atoms with Gasteiger partial charge in [0, 0.05) is 12.1 Å². The predicted octanol–water partition coefficient (Wildman–Crippen LogP) is 6.48. The van der Waals surface area contributed by atoms with E-state index in [4.69, 9.17) is 14.2 Å². The Bertz CT molecular complexity index is 1610. The van der Waals surface area contributed by atoms with E-state index in [2.05, 4.69) is 5.32 Å². The third-order valence-electron chi connectivity index (χ3n) is 7.79. The first-order chi connectivity index (χ1) is 21.1. The van der Waals surface area contributed by atoms with Crippen molar-refractivity contribution in [2.45, 2.75) is 56.6 Å². The number of nitrogens with one attached hydrogen (secondary N) is 1. The van der Waals surface area contributed by atoms with Crippen molar-refractivity contribution in [1.29, 1.82) is 0 Å². The predicted molar refractivity (Wildman–Crippen MR) is 147 cm³/mol. The first-order valence-corrected chi connectivity index (χ1v) is 13.9. The molecule has 2 aliphatic heterocycles. The minimum Gasteiger partial charge on any atom is -0.457 e. The van der Waals surface area contributed by atoms with Gasteiger partial charge < -0.3 is 24.6 Å². The summed E-state index contributed by atoms with van der Waals surface area (Å²) in [5, 5.41) is 12.6. The lowest BCUT2D eigenvalue weighted by Gasteiger charge is -2.33. The van der Waals surface area contributed by atoms with E-state index in [-0.39, 0.29) is 43.2 Å². The zero-order chi connectivity index (χ0) is 32.8. The van der Waals surface area contributed by atoms with Crippen molar-refractivity contribution in [3.63, 3.8) is 0 Å². The van der Waals surface area contributed by atoms with Crippen LogP contribution in [-0.2, 0) is 28.8 Å².